The number of nitrogens with one attached hydrogen (secondary N) is 1. The maximum atomic E-state index is 15.6. The molecule has 2 aromatic carbocycles. The average molecular weight is 783 g/mol. The van der Waals surface area contributed by atoms with Gasteiger partial charge in [0.25, 0.3) is 11.8 Å². The number of carbonyl (C=O) groups excluding carboxylic acids is 4. The lowest BCUT2D eigenvalue weighted by molar-refractivity contribution is -0.136. The summed E-state index contributed by atoms with van der Waals surface area (Å²) < 4.78 is 45.3. The van der Waals surface area contributed by atoms with Crippen LogP contribution < -0.4 is 15.1 Å². The summed E-state index contributed by atoms with van der Waals surface area (Å²) in [6.07, 6.45) is 5.46. The Morgan fingerprint density at radius 2 is 1.60 bits per heavy atom. The lowest BCUT2D eigenvalue weighted by atomic mass is 9.93. The number of imide groups is 2. The first-order valence-electron chi connectivity index (χ1n) is 19.9. The van der Waals surface area contributed by atoms with Gasteiger partial charge in [-0.2, -0.15) is 8.78 Å². The number of piperidine rings is 2. The standard InChI is InChI=1S/C42H45F3N8O4/c1-48-12-11-30-29-4-2-26(21-35(29)52(42(44)45)36(30)24-48)27-20-33(43)38(46-23-27)51-14-9-25(10-15-51)8-13-49-16-18-50(19-17-49)28-3-5-31-32(22-28)41(57)53(40(31)56)34-6-7-37(54)47-39(34)55/h2-5,20-23,25,34,42H,6-19,24H2,1H3,(H,47,54,55). The number of anilines is 2. The number of fused-ring (bicyclic) bond motifs is 4. The molecule has 0 saturated carbocycles. The first kappa shape index (κ1) is 37.3. The predicted molar refractivity (Wildman–Crippen MR) is 208 cm³/mol. The molecule has 2 aromatic heterocycles. The van der Waals surface area contributed by atoms with Crippen LogP contribution in [0.25, 0.3) is 22.0 Å². The molecule has 0 aliphatic carbocycles. The van der Waals surface area contributed by atoms with Gasteiger partial charge in [0.1, 0.15) is 6.04 Å². The van der Waals surface area contributed by atoms with Gasteiger partial charge in [-0.15, -0.1) is 0 Å². The zero-order chi connectivity index (χ0) is 39.5. The molecule has 4 aromatic rings. The third-order valence-corrected chi connectivity index (χ3v) is 12.7. The molecular weight excluding hydrogens is 738 g/mol. The Balaban J connectivity index is 0.768. The van der Waals surface area contributed by atoms with Crippen molar-refractivity contribution in [1.82, 2.24) is 29.6 Å². The van der Waals surface area contributed by atoms with E-state index in [1.807, 2.05) is 35.0 Å². The van der Waals surface area contributed by atoms with Crippen molar-refractivity contribution in [3.05, 3.63) is 76.9 Å². The van der Waals surface area contributed by atoms with Crippen molar-refractivity contribution in [2.75, 3.05) is 69.2 Å². The van der Waals surface area contributed by atoms with Gasteiger partial charge in [0.15, 0.2) is 11.6 Å². The Morgan fingerprint density at radius 1 is 0.825 bits per heavy atom. The number of rotatable bonds is 8. The van der Waals surface area contributed by atoms with E-state index in [0.717, 1.165) is 84.6 Å². The molecule has 15 heteroatoms. The second-order valence-electron chi connectivity index (χ2n) is 16.0. The molecule has 0 radical (unpaired) electrons. The maximum absolute atomic E-state index is 15.6. The molecular formula is C42H45F3N8O4. The molecule has 3 saturated heterocycles. The Hall–Kier alpha value is -5.28. The van der Waals surface area contributed by atoms with Gasteiger partial charge < -0.3 is 14.7 Å². The number of carbonyl (C=O) groups is 4. The minimum Gasteiger partial charge on any atom is -0.369 e. The van der Waals surface area contributed by atoms with Crippen molar-refractivity contribution in [2.24, 2.45) is 5.92 Å². The average Bonchev–Trinajstić information content (AvgIpc) is 3.66. The third kappa shape index (κ3) is 6.83. The van der Waals surface area contributed by atoms with Crippen molar-refractivity contribution >= 4 is 46.0 Å². The number of amides is 4. The van der Waals surface area contributed by atoms with Crippen LogP contribution in [0.1, 0.15) is 70.6 Å². The quantitative estimate of drug-likeness (QED) is 0.246. The lowest BCUT2D eigenvalue weighted by Crippen LogP contribution is -2.54. The number of nitrogens with zero attached hydrogens (tertiary/aromatic N) is 7. The van der Waals surface area contributed by atoms with Crippen molar-refractivity contribution in [2.45, 2.75) is 57.7 Å². The van der Waals surface area contributed by atoms with Crippen LogP contribution in [-0.4, -0.2) is 113 Å². The number of aromatic nitrogens is 2. The summed E-state index contributed by atoms with van der Waals surface area (Å²) in [7, 11) is 1.93. The highest BCUT2D eigenvalue weighted by Crippen LogP contribution is 2.37. The lowest BCUT2D eigenvalue weighted by Gasteiger charge is -2.38. The number of halogens is 3. The van der Waals surface area contributed by atoms with Gasteiger partial charge in [-0.1, -0.05) is 12.1 Å². The summed E-state index contributed by atoms with van der Waals surface area (Å²) in [5.41, 5.74) is 4.71. The van der Waals surface area contributed by atoms with Crippen LogP contribution in [0.5, 0.6) is 0 Å². The molecule has 1 unspecified atom stereocenters. The fourth-order valence-electron chi connectivity index (χ4n) is 9.43. The fourth-order valence-corrected chi connectivity index (χ4v) is 9.43. The topological polar surface area (TPSA) is 114 Å². The highest BCUT2D eigenvalue weighted by atomic mass is 19.3. The van der Waals surface area contributed by atoms with Gasteiger partial charge in [0, 0.05) is 87.3 Å². The van der Waals surface area contributed by atoms with Crippen LogP contribution in [0.3, 0.4) is 0 Å². The summed E-state index contributed by atoms with van der Waals surface area (Å²) >= 11 is 0. The summed E-state index contributed by atoms with van der Waals surface area (Å²) in [6, 6.07) is 11.2. The van der Waals surface area contributed by atoms with E-state index in [9.17, 15) is 28.0 Å². The van der Waals surface area contributed by atoms with Crippen molar-refractivity contribution < 1.29 is 32.3 Å². The molecule has 3 fully saturated rings. The van der Waals surface area contributed by atoms with Crippen LogP contribution in [-0.2, 0) is 22.6 Å². The molecule has 1 N–H and O–H groups in total. The van der Waals surface area contributed by atoms with Gasteiger partial charge in [-0.05, 0) is 93.1 Å². The highest BCUT2D eigenvalue weighted by molar-refractivity contribution is 6.23. The monoisotopic (exact) mass is 782 g/mol. The molecule has 5 aliphatic rings. The Morgan fingerprint density at radius 3 is 2.33 bits per heavy atom. The summed E-state index contributed by atoms with van der Waals surface area (Å²) in [6.45, 7) is 4.22. The Labute approximate surface area is 328 Å². The second kappa shape index (κ2) is 14.9. The fraction of sp³-hybridized carbons (Fsp3) is 0.452. The van der Waals surface area contributed by atoms with E-state index in [-0.39, 0.29) is 24.0 Å². The van der Waals surface area contributed by atoms with E-state index < -0.39 is 42.0 Å². The molecule has 12 nitrogen and oxygen atoms in total. The van der Waals surface area contributed by atoms with Crippen molar-refractivity contribution in [1.29, 1.82) is 0 Å². The smallest absolute Gasteiger partial charge is 0.319 e. The van der Waals surface area contributed by atoms with E-state index in [1.165, 1.54) is 6.07 Å². The van der Waals surface area contributed by atoms with Crippen molar-refractivity contribution in [3.63, 3.8) is 0 Å². The summed E-state index contributed by atoms with van der Waals surface area (Å²) in [5, 5.41) is 3.06. The van der Waals surface area contributed by atoms with Gasteiger partial charge >= 0.3 is 6.55 Å². The Bertz CT molecular complexity index is 2280. The van der Waals surface area contributed by atoms with Crippen LogP contribution >= 0.6 is 0 Å². The maximum Gasteiger partial charge on any atom is 0.319 e. The predicted octanol–water partition coefficient (Wildman–Crippen LogP) is 5.06. The summed E-state index contributed by atoms with van der Waals surface area (Å²) in [5.74, 6) is -1.61. The van der Waals surface area contributed by atoms with Crippen LogP contribution in [0.2, 0.25) is 0 Å². The van der Waals surface area contributed by atoms with Crippen molar-refractivity contribution in [3.8, 4) is 11.1 Å². The van der Waals surface area contributed by atoms with Gasteiger partial charge in [-0.25, -0.2) is 9.37 Å². The number of piperazine rings is 1. The number of pyridine rings is 1. The molecule has 7 heterocycles. The highest BCUT2D eigenvalue weighted by Gasteiger charge is 2.45. The molecule has 9 rings (SSSR count). The van der Waals surface area contributed by atoms with Crippen LogP contribution in [0.4, 0.5) is 24.7 Å². The molecule has 5 aliphatic heterocycles. The molecule has 1 atom stereocenters. The first-order valence-corrected chi connectivity index (χ1v) is 19.9. The number of hydrogen-bond donors (Lipinski definition) is 1. The molecule has 0 bridgehead atoms. The van der Waals surface area contributed by atoms with Gasteiger partial charge in [0.2, 0.25) is 11.8 Å². The molecule has 57 heavy (non-hydrogen) atoms. The Kier molecular flexibility index (Phi) is 9.75. The van der Waals surface area contributed by atoms with E-state index in [0.29, 0.717) is 60.1 Å². The summed E-state index contributed by atoms with van der Waals surface area (Å²) in [4.78, 5) is 64.7. The van der Waals surface area contributed by atoms with Gasteiger partial charge in [-0.3, -0.25) is 38.9 Å². The molecule has 0 spiro atoms. The first-order chi connectivity index (χ1) is 27.5. The largest absolute Gasteiger partial charge is 0.369 e. The van der Waals surface area contributed by atoms with Gasteiger partial charge in [0.05, 0.1) is 16.6 Å². The van der Waals surface area contributed by atoms with E-state index in [2.05, 4.69) is 20.1 Å². The minimum absolute atomic E-state index is 0.0795. The SMILES string of the molecule is CN1CCc2c(n(C(F)F)c3cc(-c4cnc(N5CCC(CCN6CCN(c7ccc8c(c7)C(=O)N(C7CCC(=O)NC7=O)C8=O)CC6)CC5)c(F)c4)ccc23)C1. The zero-order valence-electron chi connectivity index (χ0n) is 31.9. The second-order valence-corrected chi connectivity index (χ2v) is 16.0. The molecule has 298 valence electrons. The molecule has 4 amide bonds. The van der Waals surface area contributed by atoms with E-state index in [4.69, 9.17) is 0 Å². The van der Waals surface area contributed by atoms with Crippen LogP contribution in [0.15, 0.2) is 48.7 Å². The number of benzene rings is 2. The van der Waals surface area contributed by atoms with E-state index in [1.54, 1.807) is 24.4 Å². The third-order valence-electron chi connectivity index (χ3n) is 12.7. The minimum atomic E-state index is -2.67. The normalized spacial score (nSPS) is 21.2. The number of alkyl halides is 2. The van der Waals surface area contributed by atoms with Crippen LogP contribution in [0, 0.1) is 11.7 Å². The van der Waals surface area contributed by atoms with E-state index >= 15 is 4.39 Å². The zero-order valence-corrected chi connectivity index (χ0v) is 31.9. The number of hydrogen-bond acceptors (Lipinski definition) is 9. The number of likely N-dealkylation sites (N-methyl/N-ethyl adjacent to an activating group) is 1.